The summed E-state index contributed by atoms with van der Waals surface area (Å²) in [6, 6.07) is 0. The molecule has 0 N–H and O–H groups in total. The fourth-order valence-electron chi connectivity index (χ4n) is 5.13. The van der Waals surface area contributed by atoms with E-state index in [1.807, 2.05) is 5.70 Å². The predicted molar refractivity (Wildman–Crippen MR) is 170 cm³/mol. The number of rotatable bonds is 32. The summed E-state index contributed by atoms with van der Waals surface area (Å²) < 4.78 is 12.4. The standard InChI is InChI=1S/C34H70O2Si/c1-5-8-10-12-14-16-18-20-22-24-26-28-30-32-34-36-37(4,7-3)35-33-31-29-27-25-23-21-19-17-15-13-11-9-6-2/h7H,3,5-6,8-34H2,1-2,4H3. The summed E-state index contributed by atoms with van der Waals surface area (Å²) in [5.41, 5.74) is 1.97. The maximum atomic E-state index is 6.20. The molecule has 0 spiro atoms. The van der Waals surface area contributed by atoms with Gasteiger partial charge in [-0.25, -0.2) is 0 Å². The highest BCUT2D eigenvalue weighted by atomic mass is 28.4. The zero-order valence-corrected chi connectivity index (χ0v) is 27.1. The van der Waals surface area contributed by atoms with Crippen LogP contribution >= 0.6 is 0 Å². The summed E-state index contributed by atoms with van der Waals surface area (Å²) in [6.45, 7) is 12.4. The Balaban J connectivity index is 3.41. The molecule has 0 heterocycles. The first-order chi connectivity index (χ1) is 18.2. The molecule has 37 heavy (non-hydrogen) atoms. The lowest BCUT2D eigenvalue weighted by Gasteiger charge is -2.23. The first kappa shape index (κ1) is 36.9. The van der Waals surface area contributed by atoms with Crippen LogP contribution in [0.1, 0.15) is 187 Å². The first-order valence-electron chi connectivity index (χ1n) is 17.1. The minimum absolute atomic E-state index is 0.839. The SMILES string of the molecule is C=C[Si](C)(OCCCCCCCCCCCCCCC)OCCCCCCCCCCCCCCCC. The summed E-state index contributed by atoms with van der Waals surface area (Å²) in [5.74, 6) is 0. The van der Waals surface area contributed by atoms with E-state index >= 15 is 0 Å². The van der Waals surface area contributed by atoms with Gasteiger partial charge in [0.25, 0.3) is 0 Å². The van der Waals surface area contributed by atoms with Crippen LogP contribution in [0.25, 0.3) is 0 Å². The van der Waals surface area contributed by atoms with Crippen molar-refractivity contribution in [2.24, 2.45) is 0 Å². The lowest BCUT2D eigenvalue weighted by atomic mass is 10.0. The molecule has 0 bridgehead atoms. The summed E-state index contributed by atoms with van der Waals surface area (Å²) in [7, 11) is -2.17. The van der Waals surface area contributed by atoms with Gasteiger partial charge in [-0.05, 0) is 25.1 Å². The van der Waals surface area contributed by atoms with Crippen molar-refractivity contribution in [3.63, 3.8) is 0 Å². The molecule has 0 saturated carbocycles. The largest absolute Gasteiger partial charge is 0.391 e. The molecule has 0 fully saturated rings. The zero-order valence-electron chi connectivity index (χ0n) is 26.1. The van der Waals surface area contributed by atoms with Crippen molar-refractivity contribution in [3.05, 3.63) is 12.3 Å². The minimum Gasteiger partial charge on any atom is -0.391 e. The van der Waals surface area contributed by atoms with Crippen molar-refractivity contribution in [1.29, 1.82) is 0 Å². The van der Waals surface area contributed by atoms with Gasteiger partial charge in [0, 0.05) is 13.2 Å². The highest BCUT2D eigenvalue weighted by Crippen LogP contribution is 2.16. The molecule has 0 aromatic heterocycles. The van der Waals surface area contributed by atoms with Crippen LogP contribution < -0.4 is 0 Å². The topological polar surface area (TPSA) is 18.5 Å². The van der Waals surface area contributed by atoms with Crippen LogP contribution in [0.4, 0.5) is 0 Å². The van der Waals surface area contributed by atoms with Crippen molar-refractivity contribution in [1.82, 2.24) is 0 Å². The second-order valence-corrected chi connectivity index (χ2v) is 14.8. The van der Waals surface area contributed by atoms with Crippen LogP contribution in [0.2, 0.25) is 6.55 Å². The second kappa shape index (κ2) is 30.4. The maximum Gasteiger partial charge on any atom is 0.361 e. The minimum atomic E-state index is -2.17. The van der Waals surface area contributed by atoms with Crippen LogP contribution in [-0.2, 0) is 8.85 Å². The molecular weight excluding hydrogens is 468 g/mol. The third-order valence-electron chi connectivity index (χ3n) is 7.89. The molecule has 0 radical (unpaired) electrons. The summed E-state index contributed by atoms with van der Waals surface area (Å²) in [5, 5.41) is 0. The Morgan fingerprint density at radius 1 is 0.405 bits per heavy atom. The highest BCUT2D eigenvalue weighted by Gasteiger charge is 2.26. The van der Waals surface area contributed by atoms with E-state index in [1.165, 1.54) is 161 Å². The Labute approximate surface area is 236 Å². The molecule has 0 aliphatic carbocycles. The molecule has 1 atom stereocenters. The van der Waals surface area contributed by atoms with Gasteiger partial charge >= 0.3 is 8.56 Å². The molecule has 222 valence electrons. The third-order valence-corrected chi connectivity index (χ3v) is 10.2. The zero-order chi connectivity index (χ0) is 27.1. The third kappa shape index (κ3) is 28.7. The van der Waals surface area contributed by atoms with Crippen LogP contribution in [0.3, 0.4) is 0 Å². The van der Waals surface area contributed by atoms with Gasteiger partial charge in [-0.2, -0.15) is 0 Å². The molecule has 0 aromatic carbocycles. The average molecular weight is 539 g/mol. The summed E-state index contributed by atoms with van der Waals surface area (Å²) in [4.78, 5) is 0. The average Bonchev–Trinajstić information content (AvgIpc) is 2.91. The summed E-state index contributed by atoms with van der Waals surface area (Å²) >= 11 is 0. The van der Waals surface area contributed by atoms with Crippen LogP contribution in [0.5, 0.6) is 0 Å². The lowest BCUT2D eigenvalue weighted by Crippen LogP contribution is -2.37. The first-order valence-corrected chi connectivity index (χ1v) is 19.5. The van der Waals surface area contributed by atoms with E-state index in [9.17, 15) is 0 Å². The molecule has 0 rings (SSSR count). The lowest BCUT2D eigenvalue weighted by molar-refractivity contribution is 0.177. The molecule has 0 aliphatic heterocycles. The van der Waals surface area contributed by atoms with Gasteiger partial charge < -0.3 is 8.85 Å². The smallest absolute Gasteiger partial charge is 0.361 e. The van der Waals surface area contributed by atoms with E-state index in [4.69, 9.17) is 8.85 Å². The number of unbranched alkanes of at least 4 members (excludes halogenated alkanes) is 25. The fraction of sp³-hybridized carbons (Fsp3) is 0.941. The van der Waals surface area contributed by atoms with E-state index < -0.39 is 8.56 Å². The quantitative estimate of drug-likeness (QED) is 0.0626. The van der Waals surface area contributed by atoms with Crippen molar-refractivity contribution in [3.8, 4) is 0 Å². The summed E-state index contributed by atoms with van der Waals surface area (Å²) in [6.07, 6.45) is 37.6. The van der Waals surface area contributed by atoms with Crippen molar-refractivity contribution < 1.29 is 8.85 Å². The monoisotopic (exact) mass is 539 g/mol. The van der Waals surface area contributed by atoms with Crippen LogP contribution in [0.15, 0.2) is 12.3 Å². The van der Waals surface area contributed by atoms with Gasteiger partial charge in [0.15, 0.2) is 0 Å². The Morgan fingerprint density at radius 3 is 0.838 bits per heavy atom. The van der Waals surface area contributed by atoms with E-state index in [2.05, 4.69) is 27.0 Å². The Bertz CT molecular complexity index is 442. The van der Waals surface area contributed by atoms with Crippen LogP contribution in [-0.4, -0.2) is 21.8 Å². The van der Waals surface area contributed by atoms with E-state index in [0.29, 0.717) is 0 Å². The fourth-order valence-corrected chi connectivity index (χ4v) is 6.54. The maximum absolute atomic E-state index is 6.20. The molecule has 0 aliphatic rings. The Morgan fingerprint density at radius 2 is 0.622 bits per heavy atom. The number of hydrogen-bond donors (Lipinski definition) is 0. The highest BCUT2D eigenvalue weighted by molar-refractivity contribution is 6.71. The van der Waals surface area contributed by atoms with Crippen LogP contribution in [0, 0.1) is 0 Å². The number of hydrogen-bond acceptors (Lipinski definition) is 2. The predicted octanol–water partition coefficient (Wildman–Crippen LogP) is 12.4. The molecule has 2 nitrogen and oxygen atoms in total. The normalized spacial score (nSPS) is 13.2. The van der Waals surface area contributed by atoms with Gasteiger partial charge in [0.1, 0.15) is 0 Å². The molecule has 0 aromatic rings. The Hall–Kier alpha value is -0.123. The van der Waals surface area contributed by atoms with E-state index in [-0.39, 0.29) is 0 Å². The molecular formula is C34H70O2Si. The second-order valence-electron chi connectivity index (χ2n) is 11.8. The van der Waals surface area contributed by atoms with Gasteiger partial charge in [-0.3, -0.25) is 0 Å². The molecule has 0 amide bonds. The van der Waals surface area contributed by atoms with E-state index in [1.54, 1.807) is 0 Å². The van der Waals surface area contributed by atoms with Gasteiger partial charge in [-0.1, -0.05) is 174 Å². The van der Waals surface area contributed by atoms with Crippen molar-refractivity contribution >= 4 is 8.56 Å². The van der Waals surface area contributed by atoms with Gasteiger partial charge in [-0.15, -0.1) is 6.58 Å². The Kier molecular flexibility index (Phi) is 30.3. The molecule has 3 heteroatoms. The van der Waals surface area contributed by atoms with Gasteiger partial charge in [0.2, 0.25) is 0 Å². The van der Waals surface area contributed by atoms with E-state index in [0.717, 1.165) is 26.1 Å². The molecule has 0 saturated heterocycles. The van der Waals surface area contributed by atoms with Gasteiger partial charge in [0.05, 0.1) is 0 Å². The van der Waals surface area contributed by atoms with Crippen molar-refractivity contribution in [2.45, 2.75) is 194 Å². The molecule has 1 unspecified atom stereocenters. The van der Waals surface area contributed by atoms with Crippen molar-refractivity contribution in [2.75, 3.05) is 13.2 Å².